The molecule has 0 heterocycles. The van der Waals surface area contributed by atoms with Crippen molar-refractivity contribution in [3.63, 3.8) is 0 Å². The fraction of sp³-hybridized carbons (Fsp3) is 0.750. The molecule has 0 fully saturated rings. The van der Waals surface area contributed by atoms with Crippen LogP contribution in [0.5, 0.6) is 0 Å². The van der Waals surface area contributed by atoms with Gasteiger partial charge in [0, 0.05) is 6.54 Å². The summed E-state index contributed by atoms with van der Waals surface area (Å²) < 4.78 is 0. The summed E-state index contributed by atoms with van der Waals surface area (Å²) in [5.74, 6) is -0.718. The van der Waals surface area contributed by atoms with E-state index in [9.17, 15) is 9.59 Å². The number of carbonyl (C=O) groups is 2. The van der Waals surface area contributed by atoms with Crippen LogP contribution in [0.4, 0.5) is 0 Å². The van der Waals surface area contributed by atoms with Gasteiger partial charge in [-0.15, -0.1) is 0 Å². The zero-order valence-electron chi connectivity index (χ0n) is 8.41. The molecule has 0 spiro atoms. The van der Waals surface area contributed by atoms with Gasteiger partial charge in [0.05, 0.1) is 12.6 Å². The van der Waals surface area contributed by atoms with Crippen LogP contribution in [0.1, 0.15) is 13.8 Å². The molecule has 6 nitrogen and oxygen atoms in total. The first-order valence-electron chi connectivity index (χ1n) is 4.43. The minimum absolute atomic E-state index is 0.125. The molecule has 14 heavy (non-hydrogen) atoms. The van der Waals surface area contributed by atoms with E-state index in [4.69, 9.17) is 10.8 Å². The van der Waals surface area contributed by atoms with Gasteiger partial charge in [0.2, 0.25) is 11.8 Å². The van der Waals surface area contributed by atoms with Crippen LogP contribution in [-0.2, 0) is 9.59 Å². The van der Waals surface area contributed by atoms with E-state index in [1.54, 1.807) is 6.92 Å². The Morgan fingerprint density at radius 2 is 1.93 bits per heavy atom. The van der Waals surface area contributed by atoms with E-state index in [-0.39, 0.29) is 25.0 Å². The Morgan fingerprint density at radius 1 is 1.36 bits per heavy atom. The predicted octanol–water partition coefficient (Wildman–Crippen LogP) is -2.05. The zero-order valence-corrected chi connectivity index (χ0v) is 8.41. The molecule has 0 unspecified atom stereocenters. The standard InChI is InChI=1S/C8H17N3O3/c1-5(9)7(13)11-6(2)8(14)10-3-4-12/h5-6,12H,3-4,9H2,1-2H3,(H,10,14)(H,11,13)/t5-,6+/m0/s1. The third kappa shape index (κ3) is 4.78. The van der Waals surface area contributed by atoms with E-state index in [2.05, 4.69) is 10.6 Å². The molecule has 0 aliphatic rings. The molecule has 0 aromatic carbocycles. The Bertz CT molecular complexity index is 206. The molecular weight excluding hydrogens is 186 g/mol. The first-order chi connectivity index (χ1) is 6.49. The number of amides is 2. The summed E-state index contributed by atoms with van der Waals surface area (Å²) in [4.78, 5) is 22.2. The maximum atomic E-state index is 11.2. The Balaban J connectivity index is 3.89. The van der Waals surface area contributed by atoms with Crippen LogP contribution in [0, 0.1) is 0 Å². The summed E-state index contributed by atoms with van der Waals surface area (Å²) in [7, 11) is 0. The Kier molecular flexibility index (Phi) is 5.82. The van der Waals surface area contributed by atoms with Crippen LogP contribution >= 0.6 is 0 Å². The molecule has 0 saturated heterocycles. The maximum absolute atomic E-state index is 11.2. The SMILES string of the molecule is C[C@H](N)C(=O)N[C@H](C)C(=O)NCCO. The molecule has 0 aromatic heterocycles. The number of aliphatic hydroxyl groups is 1. The van der Waals surface area contributed by atoms with Crippen molar-refractivity contribution in [1.29, 1.82) is 0 Å². The number of hydrogen-bond acceptors (Lipinski definition) is 4. The van der Waals surface area contributed by atoms with Gasteiger partial charge in [0.25, 0.3) is 0 Å². The Hall–Kier alpha value is -1.14. The zero-order chi connectivity index (χ0) is 11.1. The first-order valence-corrected chi connectivity index (χ1v) is 4.43. The van der Waals surface area contributed by atoms with Gasteiger partial charge in [-0.2, -0.15) is 0 Å². The molecule has 6 heteroatoms. The fourth-order valence-electron chi connectivity index (χ4n) is 0.743. The van der Waals surface area contributed by atoms with Crippen molar-refractivity contribution >= 4 is 11.8 Å². The van der Waals surface area contributed by atoms with Crippen LogP contribution in [0.15, 0.2) is 0 Å². The van der Waals surface area contributed by atoms with E-state index >= 15 is 0 Å². The largest absolute Gasteiger partial charge is 0.395 e. The lowest BCUT2D eigenvalue weighted by Gasteiger charge is -2.14. The number of nitrogens with two attached hydrogens (primary N) is 1. The minimum Gasteiger partial charge on any atom is -0.395 e. The third-order valence-electron chi connectivity index (χ3n) is 1.58. The first kappa shape index (κ1) is 12.9. The number of hydrogen-bond donors (Lipinski definition) is 4. The van der Waals surface area contributed by atoms with Crippen molar-refractivity contribution in [2.45, 2.75) is 25.9 Å². The van der Waals surface area contributed by atoms with Gasteiger partial charge in [0.1, 0.15) is 6.04 Å². The molecule has 0 bridgehead atoms. The van der Waals surface area contributed by atoms with Crippen molar-refractivity contribution in [1.82, 2.24) is 10.6 Å². The van der Waals surface area contributed by atoms with Crippen LogP contribution < -0.4 is 16.4 Å². The summed E-state index contributed by atoms with van der Waals surface area (Å²) in [5.41, 5.74) is 5.30. The molecule has 0 rings (SSSR count). The highest BCUT2D eigenvalue weighted by molar-refractivity contribution is 5.89. The summed E-state index contributed by atoms with van der Waals surface area (Å²) >= 11 is 0. The van der Waals surface area contributed by atoms with Crippen molar-refractivity contribution in [3.8, 4) is 0 Å². The van der Waals surface area contributed by atoms with E-state index in [1.165, 1.54) is 6.92 Å². The normalized spacial score (nSPS) is 14.3. The van der Waals surface area contributed by atoms with Gasteiger partial charge in [-0.3, -0.25) is 9.59 Å². The summed E-state index contributed by atoms with van der Waals surface area (Å²) in [5, 5.41) is 13.3. The van der Waals surface area contributed by atoms with Crippen LogP contribution in [0.3, 0.4) is 0 Å². The minimum atomic E-state index is -0.639. The highest BCUT2D eigenvalue weighted by Gasteiger charge is 2.16. The average molecular weight is 203 g/mol. The van der Waals surface area contributed by atoms with Gasteiger partial charge in [-0.1, -0.05) is 0 Å². The van der Waals surface area contributed by atoms with Crippen molar-refractivity contribution in [3.05, 3.63) is 0 Å². The molecule has 2 atom stereocenters. The molecule has 82 valence electrons. The molecular formula is C8H17N3O3. The lowest BCUT2D eigenvalue weighted by atomic mass is 10.2. The molecule has 0 radical (unpaired) electrons. The molecule has 5 N–H and O–H groups in total. The quantitative estimate of drug-likeness (QED) is 0.412. The highest BCUT2D eigenvalue weighted by Crippen LogP contribution is 1.84. The third-order valence-corrected chi connectivity index (χ3v) is 1.58. The van der Waals surface area contributed by atoms with Gasteiger partial charge in [0.15, 0.2) is 0 Å². The topological polar surface area (TPSA) is 104 Å². The van der Waals surface area contributed by atoms with Crippen molar-refractivity contribution < 1.29 is 14.7 Å². The van der Waals surface area contributed by atoms with E-state index in [0.29, 0.717) is 0 Å². The Labute approximate surface area is 82.9 Å². The predicted molar refractivity (Wildman–Crippen MR) is 51.3 cm³/mol. The summed E-state index contributed by atoms with van der Waals surface area (Å²) in [6.07, 6.45) is 0. The molecule has 0 aliphatic heterocycles. The second kappa shape index (κ2) is 6.33. The summed E-state index contributed by atoms with van der Waals surface area (Å²) in [6, 6.07) is -1.27. The lowest BCUT2D eigenvalue weighted by molar-refractivity contribution is -0.129. The molecule has 0 aromatic rings. The highest BCUT2D eigenvalue weighted by atomic mass is 16.3. The average Bonchev–Trinajstić information content (AvgIpc) is 2.13. The van der Waals surface area contributed by atoms with Gasteiger partial charge in [-0.05, 0) is 13.8 Å². The number of carbonyl (C=O) groups excluding carboxylic acids is 2. The number of nitrogens with one attached hydrogen (secondary N) is 2. The monoisotopic (exact) mass is 203 g/mol. The van der Waals surface area contributed by atoms with E-state index < -0.39 is 12.1 Å². The van der Waals surface area contributed by atoms with Crippen LogP contribution in [0.2, 0.25) is 0 Å². The summed E-state index contributed by atoms with van der Waals surface area (Å²) in [6.45, 7) is 3.14. The number of rotatable bonds is 5. The molecule has 2 amide bonds. The van der Waals surface area contributed by atoms with Crippen LogP contribution in [0.25, 0.3) is 0 Å². The second-order valence-corrected chi connectivity index (χ2v) is 3.03. The van der Waals surface area contributed by atoms with E-state index in [1.807, 2.05) is 0 Å². The fourth-order valence-corrected chi connectivity index (χ4v) is 0.743. The van der Waals surface area contributed by atoms with Crippen molar-refractivity contribution in [2.24, 2.45) is 5.73 Å². The molecule has 0 aliphatic carbocycles. The van der Waals surface area contributed by atoms with E-state index in [0.717, 1.165) is 0 Å². The van der Waals surface area contributed by atoms with Crippen LogP contribution in [-0.4, -0.2) is 42.2 Å². The number of aliphatic hydroxyl groups excluding tert-OH is 1. The van der Waals surface area contributed by atoms with Gasteiger partial charge in [-0.25, -0.2) is 0 Å². The smallest absolute Gasteiger partial charge is 0.242 e. The van der Waals surface area contributed by atoms with Gasteiger partial charge >= 0.3 is 0 Å². The van der Waals surface area contributed by atoms with Gasteiger partial charge < -0.3 is 21.5 Å². The van der Waals surface area contributed by atoms with Crippen molar-refractivity contribution in [2.75, 3.05) is 13.2 Å². The maximum Gasteiger partial charge on any atom is 0.242 e. The molecule has 0 saturated carbocycles. The second-order valence-electron chi connectivity index (χ2n) is 3.03. The Morgan fingerprint density at radius 3 is 2.36 bits per heavy atom. The lowest BCUT2D eigenvalue weighted by Crippen LogP contribution is -2.49.